The van der Waals surface area contributed by atoms with Gasteiger partial charge in [0, 0.05) is 6.54 Å². The lowest BCUT2D eigenvalue weighted by Crippen LogP contribution is -2.51. The van der Waals surface area contributed by atoms with Crippen LogP contribution in [0.25, 0.3) is 10.8 Å². The van der Waals surface area contributed by atoms with Crippen molar-refractivity contribution in [2.45, 2.75) is 25.6 Å². The van der Waals surface area contributed by atoms with Gasteiger partial charge in [-0.3, -0.25) is 0 Å². The summed E-state index contributed by atoms with van der Waals surface area (Å²) in [6.07, 6.45) is 3.08. The van der Waals surface area contributed by atoms with Crippen molar-refractivity contribution in [3.05, 3.63) is 48.0 Å². The zero-order chi connectivity index (χ0) is 13.4. The van der Waals surface area contributed by atoms with E-state index in [0.29, 0.717) is 6.10 Å². The van der Waals surface area contributed by atoms with Crippen molar-refractivity contribution in [3.8, 4) is 0 Å². The summed E-state index contributed by atoms with van der Waals surface area (Å²) < 4.78 is 6.27. The lowest BCUT2D eigenvalue weighted by molar-refractivity contribution is -0.0763. The molecular formula is C18H22ClNO. The molecule has 2 aromatic carbocycles. The monoisotopic (exact) mass is 303 g/mol. The summed E-state index contributed by atoms with van der Waals surface area (Å²) in [6.45, 7) is 4.43. The second-order valence-corrected chi connectivity index (χ2v) is 6.13. The van der Waals surface area contributed by atoms with Gasteiger partial charge in [-0.05, 0) is 48.2 Å². The van der Waals surface area contributed by atoms with E-state index in [9.17, 15) is 0 Å². The number of hydrogen-bond donors (Lipinski definition) is 0. The van der Waals surface area contributed by atoms with Crippen LogP contribution in [0.5, 0.6) is 0 Å². The Labute approximate surface area is 132 Å². The molecule has 1 unspecified atom stereocenters. The van der Waals surface area contributed by atoms with Gasteiger partial charge < -0.3 is 9.64 Å². The molecule has 21 heavy (non-hydrogen) atoms. The Morgan fingerprint density at radius 1 is 1.00 bits per heavy atom. The second kappa shape index (κ2) is 6.35. The summed E-state index contributed by atoms with van der Waals surface area (Å²) in [7, 11) is 0. The summed E-state index contributed by atoms with van der Waals surface area (Å²) in [5, 5.41) is 2.64. The summed E-state index contributed by atoms with van der Waals surface area (Å²) in [6, 6.07) is 15.1. The number of benzene rings is 2. The van der Waals surface area contributed by atoms with Gasteiger partial charge >= 0.3 is 0 Å². The van der Waals surface area contributed by atoms with Gasteiger partial charge in [0.2, 0.25) is 0 Å². The van der Waals surface area contributed by atoms with Crippen LogP contribution in [0.15, 0.2) is 42.5 Å². The van der Waals surface area contributed by atoms with Crippen LogP contribution in [0, 0.1) is 5.92 Å². The maximum atomic E-state index is 6.27. The summed E-state index contributed by atoms with van der Waals surface area (Å²) in [4.78, 5) is 2.55. The van der Waals surface area contributed by atoms with Gasteiger partial charge in [0.25, 0.3) is 0 Å². The zero-order valence-electron chi connectivity index (χ0n) is 12.2. The van der Waals surface area contributed by atoms with Crippen LogP contribution >= 0.6 is 12.4 Å². The van der Waals surface area contributed by atoms with E-state index in [-0.39, 0.29) is 12.4 Å². The lowest BCUT2D eigenvalue weighted by Gasteiger charge is -2.44. The molecule has 0 spiro atoms. The third kappa shape index (κ3) is 2.94. The van der Waals surface area contributed by atoms with Gasteiger partial charge in [0.1, 0.15) is 0 Å². The summed E-state index contributed by atoms with van der Waals surface area (Å²) in [5.41, 5.74) is 1.32. The molecule has 0 N–H and O–H groups in total. The average Bonchev–Trinajstić information content (AvgIpc) is 2.54. The normalized spacial score (nSPS) is 27.5. The molecule has 0 amide bonds. The van der Waals surface area contributed by atoms with Crippen LogP contribution in [0.2, 0.25) is 0 Å². The summed E-state index contributed by atoms with van der Waals surface area (Å²) in [5.74, 6) is 0.787. The van der Waals surface area contributed by atoms with Crippen molar-refractivity contribution in [3.63, 3.8) is 0 Å². The molecule has 2 aromatic rings. The molecule has 0 aliphatic carbocycles. The van der Waals surface area contributed by atoms with E-state index in [1.165, 1.54) is 42.3 Å². The molecule has 112 valence electrons. The standard InChI is InChI=1S/C18H21NO.ClH/c1-2-7-17-14(4-1)5-3-6-16(17)13-20-18-12-19-10-8-15(18)9-11-19;/h1-7,15,18H,8-13H2;1H. The Bertz CT molecular complexity index is 602. The molecule has 2 nitrogen and oxygen atoms in total. The predicted molar refractivity (Wildman–Crippen MR) is 88.9 cm³/mol. The fourth-order valence-corrected chi connectivity index (χ4v) is 3.71. The van der Waals surface area contributed by atoms with Gasteiger partial charge in [0.05, 0.1) is 12.7 Å². The molecular weight excluding hydrogens is 282 g/mol. The highest BCUT2D eigenvalue weighted by atomic mass is 35.5. The van der Waals surface area contributed by atoms with Gasteiger partial charge in [-0.2, -0.15) is 0 Å². The third-order valence-corrected chi connectivity index (χ3v) is 4.93. The highest BCUT2D eigenvalue weighted by molar-refractivity contribution is 5.85. The van der Waals surface area contributed by atoms with Crippen molar-refractivity contribution in [1.82, 2.24) is 4.90 Å². The first-order valence-electron chi connectivity index (χ1n) is 7.71. The fraction of sp³-hybridized carbons (Fsp3) is 0.444. The minimum absolute atomic E-state index is 0. The quantitative estimate of drug-likeness (QED) is 0.853. The van der Waals surface area contributed by atoms with Crippen LogP contribution in [0.4, 0.5) is 0 Å². The number of halogens is 1. The van der Waals surface area contributed by atoms with Crippen molar-refractivity contribution in [1.29, 1.82) is 0 Å². The Balaban J connectivity index is 0.00000132. The number of fused-ring (bicyclic) bond motifs is 4. The molecule has 3 saturated heterocycles. The number of piperidine rings is 3. The van der Waals surface area contributed by atoms with Crippen LogP contribution in [-0.4, -0.2) is 30.6 Å². The number of hydrogen-bond acceptors (Lipinski definition) is 2. The first-order chi connectivity index (χ1) is 9.90. The van der Waals surface area contributed by atoms with E-state index >= 15 is 0 Å². The van der Waals surface area contributed by atoms with E-state index in [1.54, 1.807) is 0 Å². The number of nitrogens with zero attached hydrogens (tertiary/aromatic N) is 1. The molecule has 3 heterocycles. The van der Waals surface area contributed by atoms with Crippen LogP contribution in [0.3, 0.4) is 0 Å². The molecule has 3 fully saturated rings. The lowest BCUT2D eigenvalue weighted by atomic mass is 9.86. The Morgan fingerprint density at radius 3 is 2.52 bits per heavy atom. The van der Waals surface area contributed by atoms with Gasteiger partial charge in [0.15, 0.2) is 0 Å². The largest absolute Gasteiger partial charge is 0.372 e. The topological polar surface area (TPSA) is 12.5 Å². The minimum atomic E-state index is 0. The van der Waals surface area contributed by atoms with E-state index in [2.05, 4.69) is 47.4 Å². The molecule has 3 heteroatoms. The Morgan fingerprint density at radius 2 is 1.76 bits per heavy atom. The summed E-state index contributed by atoms with van der Waals surface area (Å²) >= 11 is 0. The highest BCUT2D eigenvalue weighted by Crippen LogP contribution is 2.30. The molecule has 0 saturated carbocycles. The van der Waals surface area contributed by atoms with E-state index in [1.807, 2.05) is 0 Å². The van der Waals surface area contributed by atoms with E-state index < -0.39 is 0 Å². The number of ether oxygens (including phenoxy) is 1. The minimum Gasteiger partial charge on any atom is -0.372 e. The molecule has 0 radical (unpaired) electrons. The van der Waals surface area contributed by atoms with Crippen molar-refractivity contribution in [2.24, 2.45) is 5.92 Å². The third-order valence-electron chi connectivity index (χ3n) is 4.93. The van der Waals surface area contributed by atoms with E-state index in [4.69, 9.17) is 4.74 Å². The first kappa shape index (κ1) is 14.8. The smallest absolute Gasteiger partial charge is 0.0735 e. The zero-order valence-corrected chi connectivity index (χ0v) is 13.0. The molecule has 3 aliphatic rings. The fourth-order valence-electron chi connectivity index (χ4n) is 3.71. The Kier molecular flexibility index (Phi) is 4.48. The predicted octanol–water partition coefficient (Wildman–Crippen LogP) is 3.87. The van der Waals surface area contributed by atoms with Gasteiger partial charge in [-0.25, -0.2) is 0 Å². The SMILES string of the molecule is Cl.c1ccc2c(COC3CN4CCC3CC4)cccc2c1. The first-order valence-corrected chi connectivity index (χ1v) is 7.71. The van der Waals surface area contributed by atoms with E-state index in [0.717, 1.165) is 19.1 Å². The molecule has 5 rings (SSSR count). The number of rotatable bonds is 3. The Hall–Kier alpha value is -1.09. The van der Waals surface area contributed by atoms with Crippen molar-refractivity contribution < 1.29 is 4.74 Å². The van der Waals surface area contributed by atoms with Gasteiger partial charge in [-0.1, -0.05) is 42.5 Å². The maximum absolute atomic E-state index is 6.27. The van der Waals surface area contributed by atoms with Crippen molar-refractivity contribution in [2.75, 3.05) is 19.6 Å². The molecule has 1 atom stereocenters. The van der Waals surface area contributed by atoms with Crippen LogP contribution in [0.1, 0.15) is 18.4 Å². The molecule has 0 aromatic heterocycles. The molecule has 3 aliphatic heterocycles. The second-order valence-electron chi connectivity index (χ2n) is 6.13. The van der Waals surface area contributed by atoms with Crippen LogP contribution in [-0.2, 0) is 11.3 Å². The molecule has 2 bridgehead atoms. The highest BCUT2D eigenvalue weighted by Gasteiger charge is 2.34. The van der Waals surface area contributed by atoms with Gasteiger partial charge in [-0.15, -0.1) is 12.4 Å². The average molecular weight is 304 g/mol. The van der Waals surface area contributed by atoms with Crippen molar-refractivity contribution >= 4 is 23.2 Å². The van der Waals surface area contributed by atoms with Crippen LogP contribution < -0.4 is 0 Å². The maximum Gasteiger partial charge on any atom is 0.0735 e.